The fourth-order valence-electron chi connectivity index (χ4n) is 2.50. The van der Waals surface area contributed by atoms with Crippen LogP contribution in [-0.4, -0.2) is 24.7 Å². The molecule has 0 saturated heterocycles. The van der Waals surface area contributed by atoms with Gasteiger partial charge < -0.3 is 10.1 Å². The molecule has 3 heteroatoms. The summed E-state index contributed by atoms with van der Waals surface area (Å²) in [6.07, 6.45) is 3.00. The second-order valence-corrected chi connectivity index (χ2v) is 4.67. The zero-order chi connectivity index (χ0) is 13.7. The van der Waals surface area contributed by atoms with E-state index in [1.54, 1.807) is 7.11 Å². The summed E-state index contributed by atoms with van der Waals surface area (Å²) in [6.45, 7) is 5.19. The summed E-state index contributed by atoms with van der Waals surface area (Å²) >= 11 is 0. The van der Waals surface area contributed by atoms with Crippen molar-refractivity contribution in [3.8, 4) is 0 Å². The quantitative estimate of drug-likeness (QED) is 0.863. The van der Waals surface area contributed by atoms with Crippen LogP contribution >= 0.6 is 0 Å². The molecule has 0 radical (unpaired) electrons. The highest BCUT2D eigenvalue weighted by Gasteiger charge is 2.20. The average molecular weight is 258 g/mol. The second kappa shape index (κ2) is 6.64. The molecular formula is C16H22N2O. The number of benzene rings is 1. The second-order valence-electron chi connectivity index (χ2n) is 4.67. The van der Waals surface area contributed by atoms with Crippen molar-refractivity contribution in [1.29, 1.82) is 0 Å². The molecule has 1 aromatic heterocycles. The van der Waals surface area contributed by atoms with Crippen LogP contribution < -0.4 is 5.32 Å². The van der Waals surface area contributed by atoms with E-state index in [4.69, 9.17) is 4.74 Å². The molecule has 19 heavy (non-hydrogen) atoms. The Hall–Kier alpha value is -1.45. The van der Waals surface area contributed by atoms with E-state index in [0.29, 0.717) is 0 Å². The predicted molar refractivity (Wildman–Crippen MR) is 79.2 cm³/mol. The molecule has 0 spiro atoms. The highest BCUT2D eigenvalue weighted by Crippen LogP contribution is 2.24. The maximum atomic E-state index is 5.60. The van der Waals surface area contributed by atoms with E-state index in [0.717, 1.165) is 18.5 Å². The summed E-state index contributed by atoms with van der Waals surface area (Å²) in [5.74, 6) is 0. The van der Waals surface area contributed by atoms with Crippen molar-refractivity contribution in [2.75, 3.05) is 13.7 Å². The van der Waals surface area contributed by atoms with Crippen molar-refractivity contribution in [3.05, 3.63) is 42.1 Å². The van der Waals surface area contributed by atoms with Gasteiger partial charge in [0.1, 0.15) is 0 Å². The number of methoxy groups -OCH3 is 1. The van der Waals surface area contributed by atoms with E-state index in [9.17, 15) is 0 Å². The molecule has 0 aliphatic carbocycles. The van der Waals surface area contributed by atoms with Crippen LogP contribution in [0.2, 0.25) is 0 Å². The number of rotatable bonds is 6. The Morgan fingerprint density at radius 1 is 1.26 bits per heavy atom. The molecule has 1 heterocycles. The Kier molecular flexibility index (Phi) is 4.88. The van der Waals surface area contributed by atoms with Crippen LogP contribution in [0.1, 0.15) is 31.9 Å². The lowest BCUT2D eigenvalue weighted by Gasteiger charge is -2.26. The first-order valence-electron chi connectivity index (χ1n) is 6.91. The highest BCUT2D eigenvalue weighted by atomic mass is 16.5. The van der Waals surface area contributed by atoms with Gasteiger partial charge in [0.05, 0.1) is 17.7 Å². The molecule has 102 valence electrons. The van der Waals surface area contributed by atoms with Gasteiger partial charge in [-0.3, -0.25) is 4.98 Å². The van der Waals surface area contributed by atoms with Gasteiger partial charge >= 0.3 is 0 Å². The maximum absolute atomic E-state index is 5.60. The monoisotopic (exact) mass is 258 g/mol. The van der Waals surface area contributed by atoms with E-state index in [1.807, 2.05) is 12.3 Å². The van der Waals surface area contributed by atoms with Crippen molar-refractivity contribution in [2.24, 2.45) is 0 Å². The van der Waals surface area contributed by atoms with Crippen molar-refractivity contribution in [3.63, 3.8) is 0 Å². The van der Waals surface area contributed by atoms with E-state index in [-0.39, 0.29) is 12.1 Å². The number of pyridine rings is 1. The van der Waals surface area contributed by atoms with E-state index in [2.05, 4.69) is 48.4 Å². The molecule has 1 N–H and O–H groups in total. The van der Waals surface area contributed by atoms with Crippen LogP contribution in [0.25, 0.3) is 10.9 Å². The Morgan fingerprint density at radius 2 is 2.11 bits per heavy atom. The minimum absolute atomic E-state index is 0.182. The third-order valence-electron chi connectivity index (χ3n) is 3.49. The van der Waals surface area contributed by atoms with Gasteiger partial charge in [-0.1, -0.05) is 32.0 Å². The zero-order valence-electron chi connectivity index (χ0n) is 11.9. The molecule has 2 atom stereocenters. The summed E-state index contributed by atoms with van der Waals surface area (Å²) in [6, 6.07) is 10.7. The molecular weight excluding hydrogens is 236 g/mol. The van der Waals surface area contributed by atoms with Crippen LogP contribution in [0.15, 0.2) is 36.5 Å². The molecule has 0 fully saturated rings. The number of hydrogen-bond acceptors (Lipinski definition) is 3. The van der Waals surface area contributed by atoms with Crippen LogP contribution in [0.5, 0.6) is 0 Å². The van der Waals surface area contributed by atoms with E-state index < -0.39 is 0 Å². The minimum atomic E-state index is 0.182. The molecule has 2 rings (SSSR count). The number of fused-ring (bicyclic) bond motifs is 1. The molecule has 3 nitrogen and oxygen atoms in total. The first kappa shape index (κ1) is 14.0. The summed E-state index contributed by atoms with van der Waals surface area (Å²) in [4.78, 5) is 4.43. The Bertz CT molecular complexity index is 523. The molecule has 0 amide bonds. The Labute approximate surface area is 115 Å². The Morgan fingerprint density at radius 3 is 2.79 bits per heavy atom. The number of ether oxygens (including phenoxy) is 1. The largest absolute Gasteiger partial charge is 0.379 e. The third kappa shape index (κ3) is 3.11. The van der Waals surface area contributed by atoms with Gasteiger partial charge in [0.2, 0.25) is 0 Å². The van der Waals surface area contributed by atoms with Gasteiger partial charge in [-0.25, -0.2) is 0 Å². The van der Waals surface area contributed by atoms with Gasteiger partial charge in [0, 0.05) is 18.7 Å². The molecule has 0 aliphatic rings. The lowest BCUT2D eigenvalue weighted by atomic mass is 9.98. The van der Waals surface area contributed by atoms with Gasteiger partial charge in [-0.05, 0) is 30.7 Å². The molecule has 0 saturated carbocycles. The SMILES string of the molecule is CCNC(c1ccc2cccnc2c1)C(CC)OC. The van der Waals surface area contributed by atoms with Gasteiger partial charge in [0.15, 0.2) is 0 Å². The van der Waals surface area contributed by atoms with Crippen molar-refractivity contribution in [2.45, 2.75) is 32.4 Å². The molecule has 1 aromatic carbocycles. The summed E-state index contributed by atoms with van der Waals surface area (Å²) < 4.78 is 5.60. The maximum Gasteiger partial charge on any atom is 0.0763 e. The lowest BCUT2D eigenvalue weighted by molar-refractivity contribution is 0.0656. The van der Waals surface area contributed by atoms with E-state index >= 15 is 0 Å². The first-order valence-corrected chi connectivity index (χ1v) is 6.91. The van der Waals surface area contributed by atoms with Crippen molar-refractivity contribution >= 4 is 10.9 Å². The predicted octanol–water partition coefficient (Wildman–Crippen LogP) is 3.31. The van der Waals surface area contributed by atoms with Crippen molar-refractivity contribution in [1.82, 2.24) is 10.3 Å². The third-order valence-corrected chi connectivity index (χ3v) is 3.49. The minimum Gasteiger partial charge on any atom is -0.379 e. The molecule has 2 aromatic rings. The average Bonchev–Trinajstić information content (AvgIpc) is 2.47. The standard InChI is InChI=1S/C16H22N2O/c1-4-15(19-3)16(17-5-2)13-9-8-12-7-6-10-18-14(12)11-13/h6-11,15-17H,4-5H2,1-3H3. The van der Waals surface area contributed by atoms with Crippen molar-refractivity contribution < 1.29 is 4.74 Å². The van der Waals surface area contributed by atoms with Gasteiger partial charge in [0.25, 0.3) is 0 Å². The fraction of sp³-hybridized carbons (Fsp3) is 0.438. The van der Waals surface area contributed by atoms with Crippen LogP contribution in [0.3, 0.4) is 0 Å². The Balaban J connectivity index is 2.37. The summed E-state index contributed by atoms with van der Waals surface area (Å²) in [5, 5.41) is 4.69. The summed E-state index contributed by atoms with van der Waals surface area (Å²) in [5.41, 5.74) is 2.27. The number of aromatic nitrogens is 1. The number of likely N-dealkylation sites (N-methyl/N-ethyl adjacent to an activating group) is 1. The van der Waals surface area contributed by atoms with Gasteiger partial charge in [-0.2, -0.15) is 0 Å². The normalized spacial score (nSPS) is 14.5. The highest BCUT2D eigenvalue weighted by molar-refractivity contribution is 5.79. The van der Waals surface area contributed by atoms with E-state index in [1.165, 1.54) is 10.9 Å². The van der Waals surface area contributed by atoms with Crippen LogP contribution in [0, 0.1) is 0 Å². The topological polar surface area (TPSA) is 34.2 Å². The zero-order valence-corrected chi connectivity index (χ0v) is 11.9. The smallest absolute Gasteiger partial charge is 0.0763 e. The number of hydrogen-bond donors (Lipinski definition) is 1. The van der Waals surface area contributed by atoms with Crippen LogP contribution in [0.4, 0.5) is 0 Å². The number of nitrogens with one attached hydrogen (secondary N) is 1. The molecule has 2 unspecified atom stereocenters. The first-order chi connectivity index (χ1) is 9.30. The van der Waals surface area contributed by atoms with Crippen LogP contribution in [-0.2, 0) is 4.74 Å². The molecule has 0 bridgehead atoms. The summed E-state index contributed by atoms with van der Waals surface area (Å²) in [7, 11) is 1.78. The van der Waals surface area contributed by atoms with Gasteiger partial charge in [-0.15, -0.1) is 0 Å². The lowest BCUT2D eigenvalue weighted by Crippen LogP contribution is -2.32. The molecule has 0 aliphatic heterocycles. The number of nitrogens with zero attached hydrogens (tertiary/aromatic N) is 1. The fourth-order valence-corrected chi connectivity index (χ4v) is 2.50.